The number of amides is 1. The van der Waals surface area contributed by atoms with Crippen molar-refractivity contribution in [3.05, 3.63) is 41.6 Å². The van der Waals surface area contributed by atoms with Crippen molar-refractivity contribution < 1.29 is 19.1 Å². The first-order chi connectivity index (χ1) is 15.7. The Labute approximate surface area is 186 Å². The standard InChI is InChI=1S/C23H27N5O4/c29-21(17-1-2-19-16(13-17)6-11-31-19)28(14-15-3-8-24-9-4-15)20-5-10-25-23(27-20)26-18-7-12-32-22(18)30/h1-2,5,10,13,15,18,24H,3-4,6-9,11-12,14H2,(H,25,26,27). The Morgan fingerprint density at radius 1 is 1.16 bits per heavy atom. The van der Waals surface area contributed by atoms with Gasteiger partial charge < -0.3 is 20.1 Å². The van der Waals surface area contributed by atoms with E-state index in [1.165, 1.54) is 0 Å². The number of fused-ring (bicyclic) bond motifs is 1. The number of nitrogens with one attached hydrogen (secondary N) is 2. The summed E-state index contributed by atoms with van der Waals surface area (Å²) in [5.74, 6) is 1.67. The fourth-order valence-corrected chi connectivity index (χ4v) is 4.43. The summed E-state index contributed by atoms with van der Waals surface area (Å²) < 4.78 is 10.6. The fraction of sp³-hybridized carbons (Fsp3) is 0.478. The molecule has 4 heterocycles. The molecule has 5 rings (SSSR count). The summed E-state index contributed by atoms with van der Waals surface area (Å²) >= 11 is 0. The predicted molar refractivity (Wildman–Crippen MR) is 118 cm³/mol. The van der Waals surface area contributed by atoms with E-state index >= 15 is 0 Å². The summed E-state index contributed by atoms with van der Waals surface area (Å²) in [6.45, 7) is 3.51. The van der Waals surface area contributed by atoms with Crippen molar-refractivity contribution in [2.75, 3.05) is 43.1 Å². The van der Waals surface area contributed by atoms with E-state index in [0.29, 0.717) is 49.4 Å². The number of cyclic esters (lactones) is 1. The zero-order valence-corrected chi connectivity index (χ0v) is 17.9. The maximum absolute atomic E-state index is 13.6. The van der Waals surface area contributed by atoms with Gasteiger partial charge in [0.15, 0.2) is 0 Å². The normalized spacial score (nSPS) is 20.4. The summed E-state index contributed by atoms with van der Waals surface area (Å²) in [5, 5.41) is 6.41. The summed E-state index contributed by atoms with van der Waals surface area (Å²) in [7, 11) is 0. The molecule has 0 radical (unpaired) electrons. The third kappa shape index (κ3) is 4.38. The van der Waals surface area contributed by atoms with E-state index in [2.05, 4.69) is 20.6 Å². The van der Waals surface area contributed by atoms with Crippen LogP contribution in [0, 0.1) is 5.92 Å². The van der Waals surface area contributed by atoms with Crippen LogP contribution in [-0.2, 0) is 16.0 Å². The van der Waals surface area contributed by atoms with Crippen LogP contribution in [0.1, 0.15) is 35.2 Å². The number of aromatic nitrogens is 2. The minimum absolute atomic E-state index is 0.0943. The lowest BCUT2D eigenvalue weighted by atomic mass is 9.97. The number of esters is 1. The molecular formula is C23H27N5O4. The van der Waals surface area contributed by atoms with Crippen LogP contribution in [-0.4, -0.2) is 60.7 Å². The van der Waals surface area contributed by atoms with Gasteiger partial charge in [-0.1, -0.05) is 0 Å². The second-order valence-electron chi connectivity index (χ2n) is 8.42. The zero-order chi connectivity index (χ0) is 21.9. The van der Waals surface area contributed by atoms with Crippen molar-refractivity contribution in [1.82, 2.24) is 15.3 Å². The molecule has 2 aromatic rings. The Balaban J connectivity index is 1.42. The van der Waals surface area contributed by atoms with Gasteiger partial charge in [-0.2, -0.15) is 4.98 Å². The maximum atomic E-state index is 13.6. The average Bonchev–Trinajstić information content (AvgIpc) is 3.46. The third-order valence-electron chi connectivity index (χ3n) is 6.24. The number of piperidine rings is 1. The number of nitrogens with zero attached hydrogens (tertiary/aromatic N) is 3. The van der Waals surface area contributed by atoms with Gasteiger partial charge in [0.25, 0.3) is 5.91 Å². The van der Waals surface area contributed by atoms with Crippen LogP contribution < -0.4 is 20.3 Å². The number of anilines is 2. The number of carbonyl (C=O) groups excluding carboxylic acids is 2. The number of carbonyl (C=O) groups is 2. The minimum Gasteiger partial charge on any atom is -0.493 e. The molecule has 1 aromatic carbocycles. The van der Waals surface area contributed by atoms with Gasteiger partial charge in [0.05, 0.1) is 13.2 Å². The van der Waals surface area contributed by atoms with E-state index in [1.54, 1.807) is 17.2 Å². The van der Waals surface area contributed by atoms with Gasteiger partial charge in [-0.3, -0.25) is 9.69 Å². The molecule has 3 aliphatic heterocycles. The smallest absolute Gasteiger partial charge is 0.328 e. The first kappa shape index (κ1) is 20.7. The summed E-state index contributed by atoms with van der Waals surface area (Å²) in [4.78, 5) is 36.1. The number of hydrogen-bond acceptors (Lipinski definition) is 8. The molecule has 0 bridgehead atoms. The molecule has 2 N–H and O–H groups in total. The van der Waals surface area contributed by atoms with Crippen molar-refractivity contribution in [3.8, 4) is 5.75 Å². The second-order valence-corrected chi connectivity index (χ2v) is 8.42. The summed E-state index contributed by atoms with van der Waals surface area (Å²) in [6.07, 6.45) is 5.01. The largest absolute Gasteiger partial charge is 0.493 e. The van der Waals surface area contributed by atoms with Crippen LogP contribution in [0.3, 0.4) is 0 Å². The van der Waals surface area contributed by atoms with Crippen molar-refractivity contribution >= 4 is 23.6 Å². The van der Waals surface area contributed by atoms with Crippen LogP contribution in [0.5, 0.6) is 5.75 Å². The molecule has 9 heteroatoms. The van der Waals surface area contributed by atoms with E-state index in [4.69, 9.17) is 9.47 Å². The van der Waals surface area contributed by atoms with Gasteiger partial charge in [0.1, 0.15) is 17.6 Å². The quantitative estimate of drug-likeness (QED) is 0.659. The van der Waals surface area contributed by atoms with Gasteiger partial charge in [-0.05, 0) is 61.7 Å². The summed E-state index contributed by atoms with van der Waals surface area (Å²) in [5.41, 5.74) is 1.68. The molecule has 168 valence electrons. The third-order valence-corrected chi connectivity index (χ3v) is 6.24. The highest BCUT2D eigenvalue weighted by Crippen LogP contribution is 2.28. The monoisotopic (exact) mass is 437 g/mol. The van der Waals surface area contributed by atoms with Crippen LogP contribution >= 0.6 is 0 Å². The van der Waals surface area contributed by atoms with Gasteiger partial charge in [-0.25, -0.2) is 9.78 Å². The fourth-order valence-electron chi connectivity index (χ4n) is 4.43. The van der Waals surface area contributed by atoms with Gasteiger partial charge in [0, 0.05) is 31.1 Å². The minimum atomic E-state index is -0.462. The SMILES string of the molecule is O=C1OCCC1Nc1nccc(N(CC2CCNCC2)C(=O)c2ccc3c(c2)CCO3)n1. The van der Waals surface area contributed by atoms with E-state index in [-0.39, 0.29) is 11.9 Å². The highest BCUT2D eigenvalue weighted by atomic mass is 16.5. The Bertz CT molecular complexity index is 1010. The van der Waals surface area contributed by atoms with Crippen molar-refractivity contribution in [3.63, 3.8) is 0 Å². The molecule has 32 heavy (non-hydrogen) atoms. The highest BCUT2D eigenvalue weighted by molar-refractivity contribution is 6.06. The van der Waals surface area contributed by atoms with Crippen LogP contribution in [0.2, 0.25) is 0 Å². The zero-order valence-electron chi connectivity index (χ0n) is 17.9. The summed E-state index contributed by atoms with van der Waals surface area (Å²) in [6, 6.07) is 6.89. The number of rotatable bonds is 6. The molecule has 1 aromatic heterocycles. The van der Waals surface area contributed by atoms with Crippen molar-refractivity contribution in [2.24, 2.45) is 5.92 Å². The first-order valence-corrected chi connectivity index (χ1v) is 11.2. The highest BCUT2D eigenvalue weighted by Gasteiger charge is 2.29. The van der Waals surface area contributed by atoms with E-state index in [1.807, 2.05) is 18.2 Å². The van der Waals surface area contributed by atoms with Crippen LogP contribution in [0.4, 0.5) is 11.8 Å². The lowest BCUT2D eigenvalue weighted by Crippen LogP contribution is -2.40. The number of hydrogen-bond donors (Lipinski definition) is 2. The molecule has 0 aliphatic carbocycles. The first-order valence-electron chi connectivity index (χ1n) is 11.2. The topological polar surface area (TPSA) is 106 Å². The van der Waals surface area contributed by atoms with Gasteiger partial charge >= 0.3 is 5.97 Å². The number of ether oxygens (including phenoxy) is 2. The molecule has 1 atom stereocenters. The van der Waals surface area contributed by atoms with Gasteiger partial charge in [-0.15, -0.1) is 0 Å². The molecule has 9 nitrogen and oxygen atoms in total. The molecular weight excluding hydrogens is 410 g/mol. The maximum Gasteiger partial charge on any atom is 0.328 e. The number of benzene rings is 1. The second kappa shape index (κ2) is 9.12. The molecule has 1 unspecified atom stereocenters. The lowest BCUT2D eigenvalue weighted by molar-refractivity contribution is -0.138. The molecule has 3 aliphatic rings. The predicted octanol–water partition coefficient (Wildman–Crippen LogP) is 1.79. The lowest BCUT2D eigenvalue weighted by Gasteiger charge is -2.30. The van der Waals surface area contributed by atoms with Crippen LogP contribution in [0.25, 0.3) is 0 Å². The molecule has 2 saturated heterocycles. The van der Waals surface area contributed by atoms with E-state index < -0.39 is 6.04 Å². The van der Waals surface area contributed by atoms with Crippen LogP contribution in [0.15, 0.2) is 30.5 Å². The molecule has 2 fully saturated rings. The van der Waals surface area contributed by atoms with E-state index in [0.717, 1.165) is 43.7 Å². The Hall–Kier alpha value is -3.20. The molecule has 0 saturated carbocycles. The average molecular weight is 438 g/mol. The molecule has 0 spiro atoms. The van der Waals surface area contributed by atoms with E-state index in [9.17, 15) is 9.59 Å². The molecule has 1 amide bonds. The van der Waals surface area contributed by atoms with Crippen molar-refractivity contribution in [2.45, 2.75) is 31.7 Å². The Kier molecular flexibility index (Phi) is 5.89. The Morgan fingerprint density at radius 3 is 2.84 bits per heavy atom. The van der Waals surface area contributed by atoms with Crippen molar-refractivity contribution in [1.29, 1.82) is 0 Å². The Morgan fingerprint density at radius 2 is 2.03 bits per heavy atom. The van der Waals surface area contributed by atoms with Gasteiger partial charge in [0.2, 0.25) is 5.95 Å².